The fourth-order valence-electron chi connectivity index (χ4n) is 0.882. The quantitative estimate of drug-likeness (QED) is 0.646. The van der Waals surface area contributed by atoms with Crippen molar-refractivity contribution in [1.82, 2.24) is 10.4 Å². The molecule has 0 unspecified atom stereocenters. The van der Waals surface area contributed by atoms with Crippen LogP contribution in [-0.4, -0.2) is 19.1 Å². The van der Waals surface area contributed by atoms with Gasteiger partial charge in [0.1, 0.15) is 0 Å². The molecule has 0 amide bonds. The maximum absolute atomic E-state index is 3.04. The summed E-state index contributed by atoms with van der Waals surface area (Å²) in [6.07, 6.45) is 0. The zero-order valence-corrected chi connectivity index (χ0v) is 6.96. The lowest BCUT2D eigenvalue weighted by molar-refractivity contribution is 0.251. The Labute approximate surface area is 67.8 Å². The first-order valence-corrected chi connectivity index (χ1v) is 3.66. The second-order valence-electron chi connectivity index (χ2n) is 2.49. The largest absolute Gasteiger partial charge is 0.258 e. The Morgan fingerprint density at radius 3 is 3.00 bits per heavy atom. The monoisotopic (exact) mass is 149 g/mol. The highest BCUT2D eigenvalue weighted by Crippen LogP contribution is 1.99. The van der Waals surface area contributed by atoms with Gasteiger partial charge < -0.3 is 0 Å². The summed E-state index contributed by atoms with van der Waals surface area (Å²) >= 11 is 0. The molecule has 0 saturated heterocycles. The van der Waals surface area contributed by atoms with Crippen molar-refractivity contribution in [3.8, 4) is 0 Å². The summed E-state index contributed by atoms with van der Waals surface area (Å²) in [4.78, 5) is 0. The van der Waals surface area contributed by atoms with Gasteiger partial charge in [0.05, 0.1) is 0 Å². The number of hydrazine groups is 1. The van der Waals surface area contributed by atoms with Crippen LogP contribution < -0.4 is 5.43 Å². The lowest BCUT2D eigenvalue weighted by Crippen LogP contribution is -2.29. The molecule has 1 aromatic carbocycles. The van der Waals surface area contributed by atoms with E-state index in [1.165, 1.54) is 5.56 Å². The number of nitrogens with one attached hydrogen (secondary N) is 1. The first kappa shape index (κ1) is 8.24. The summed E-state index contributed by atoms with van der Waals surface area (Å²) in [7, 11) is 3.92. The molecule has 11 heavy (non-hydrogen) atoms. The van der Waals surface area contributed by atoms with Crippen LogP contribution in [0, 0.1) is 6.07 Å². The van der Waals surface area contributed by atoms with Crippen molar-refractivity contribution in [3.05, 3.63) is 35.9 Å². The van der Waals surface area contributed by atoms with E-state index in [1.807, 2.05) is 37.3 Å². The normalized spacial score (nSPS) is 10.5. The molecule has 0 aliphatic rings. The Morgan fingerprint density at radius 1 is 1.64 bits per heavy atom. The van der Waals surface area contributed by atoms with Gasteiger partial charge in [-0.25, -0.2) is 5.01 Å². The van der Waals surface area contributed by atoms with E-state index >= 15 is 0 Å². The van der Waals surface area contributed by atoms with Crippen molar-refractivity contribution in [2.75, 3.05) is 14.1 Å². The van der Waals surface area contributed by atoms with Crippen LogP contribution in [0.25, 0.3) is 0 Å². The molecule has 0 aliphatic heterocycles. The van der Waals surface area contributed by atoms with Crippen LogP contribution in [0.5, 0.6) is 0 Å². The Balaban J connectivity index is 2.51. The molecule has 2 heteroatoms. The summed E-state index contributed by atoms with van der Waals surface area (Å²) in [6.45, 7) is 0.911. The Kier molecular flexibility index (Phi) is 3.08. The molecule has 2 nitrogen and oxygen atoms in total. The first-order chi connectivity index (χ1) is 5.33. The summed E-state index contributed by atoms with van der Waals surface area (Å²) in [5, 5.41) is 2.02. The van der Waals surface area contributed by atoms with Crippen molar-refractivity contribution in [2.24, 2.45) is 0 Å². The van der Waals surface area contributed by atoms with E-state index in [0.717, 1.165) is 6.54 Å². The molecule has 0 bridgehead atoms. The number of nitrogens with zero attached hydrogens (tertiary/aromatic N) is 1. The Bertz CT molecular complexity index is 196. The van der Waals surface area contributed by atoms with Gasteiger partial charge in [-0.3, -0.25) is 5.43 Å². The average molecular weight is 149 g/mol. The van der Waals surface area contributed by atoms with Crippen LogP contribution in [0.3, 0.4) is 0 Å². The minimum atomic E-state index is 0.911. The summed E-state index contributed by atoms with van der Waals surface area (Å²) in [6, 6.07) is 11.0. The molecule has 0 aromatic heterocycles. The van der Waals surface area contributed by atoms with E-state index in [4.69, 9.17) is 0 Å². The highest BCUT2D eigenvalue weighted by atomic mass is 15.5. The van der Waals surface area contributed by atoms with Gasteiger partial charge in [0, 0.05) is 13.6 Å². The molecule has 0 saturated carbocycles. The Hall–Kier alpha value is -0.860. The molecule has 0 fully saturated rings. The fraction of sp³-hybridized carbons (Fsp3) is 0.333. The fourth-order valence-corrected chi connectivity index (χ4v) is 0.882. The summed E-state index contributed by atoms with van der Waals surface area (Å²) < 4.78 is 0. The summed E-state index contributed by atoms with van der Waals surface area (Å²) in [5.74, 6) is 0. The second kappa shape index (κ2) is 4.11. The van der Waals surface area contributed by atoms with Crippen LogP contribution >= 0.6 is 0 Å². The van der Waals surface area contributed by atoms with E-state index < -0.39 is 0 Å². The van der Waals surface area contributed by atoms with E-state index in [-0.39, 0.29) is 0 Å². The van der Waals surface area contributed by atoms with E-state index in [0.29, 0.717) is 0 Å². The van der Waals surface area contributed by atoms with Gasteiger partial charge in [0.25, 0.3) is 0 Å². The molecule has 1 aromatic rings. The third-order valence-corrected chi connectivity index (χ3v) is 1.57. The van der Waals surface area contributed by atoms with Crippen LogP contribution in [0.1, 0.15) is 5.56 Å². The van der Waals surface area contributed by atoms with Crippen LogP contribution in [-0.2, 0) is 6.54 Å². The first-order valence-electron chi connectivity index (χ1n) is 3.66. The minimum Gasteiger partial charge on any atom is -0.258 e. The predicted molar refractivity (Wildman–Crippen MR) is 45.8 cm³/mol. The standard InChI is InChI=1S/C9H13N2/c1-10-11(2)8-9-6-4-3-5-7-9/h3-4,6-7,10H,8H2,1-2H3. The lowest BCUT2D eigenvalue weighted by Gasteiger charge is -2.14. The van der Waals surface area contributed by atoms with Gasteiger partial charge >= 0.3 is 0 Å². The number of hydrogen-bond donors (Lipinski definition) is 1. The average Bonchev–Trinajstić information content (AvgIpc) is 2.06. The van der Waals surface area contributed by atoms with Gasteiger partial charge in [0.2, 0.25) is 0 Å². The molecular weight excluding hydrogens is 136 g/mol. The van der Waals surface area contributed by atoms with Gasteiger partial charge in [-0.15, -0.1) is 0 Å². The highest BCUT2D eigenvalue weighted by Gasteiger charge is 1.94. The van der Waals surface area contributed by atoms with Crippen LogP contribution in [0.15, 0.2) is 24.3 Å². The second-order valence-corrected chi connectivity index (χ2v) is 2.49. The van der Waals surface area contributed by atoms with Crippen molar-refractivity contribution in [1.29, 1.82) is 0 Å². The molecule has 1 radical (unpaired) electrons. The number of benzene rings is 1. The van der Waals surface area contributed by atoms with E-state index in [1.54, 1.807) is 0 Å². The molecule has 0 atom stereocenters. The van der Waals surface area contributed by atoms with Crippen molar-refractivity contribution in [2.45, 2.75) is 6.54 Å². The van der Waals surface area contributed by atoms with Crippen LogP contribution in [0.4, 0.5) is 0 Å². The van der Waals surface area contributed by atoms with Crippen LogP contribution in [0.2, 0.25) is 0 Å². The Morgan fingerprint density at radius 2 is 2.45 bits per heavy atom. The minimum absolute atomic E-state index is 0.911. The van der Waals surface area contributed by atoms with Gasteiger partial charge in [-0.2, -0.15) is 0 Å². The zero-order chi connectivity index (χ0) is 8.10. The zero-order valence-electron chi connectivity index (χ0n) is 6.96. The maximum Gasteiger partial charge on any atom is 0.0378 e. The molecule has 1 rings (SSSR count). The third-order valence-electron chi connectivity index (χ3n) is 1.57. The maximum atomic E-state index is 3.04. The molecule has 0 aliphatic carbocycles. The molecule has 0 heterocycles. The van der Waals surface area contributed by atoms with E-state index in [2.05, 4.69) is 17.6 Å². The molecule has 1 N–H and O–H groups in total. The molecular formula is C9H13N2. The van der Waals surface area contributed by atoms with Gasteiger partial charge in [0.15, 0.2) is 0 Å². The van der Waals surface area contributed by atoms with Crippen molar-refractivity contribution >= 4 is 0 Å². The van der Waals surface area contributed by atoms with Gasteiger partial charge in [-0.05, 0) is 24.7 Å². The SMILES string of the molecule is CNN(C)Cc1c[c]ccc1. The van der Waals surface area contributed by atoms with E-state index in [9.17, 15) is 0 Å². The summed E-state index contributed by atoms with van der Waals surface area (Å²) in [5.41, 5.74) is 4.30. The third kappa shape index (κ3) is 2.70. The molecule has 59 valence electrons. The number of rotatable bonds is 3. The highest BCUT2D eigenvalue weighted by molar-refractivity contribution is 5.12. The van der Waals surface area contributed by atoms with Crippen molar-refractivity contribution in [3.63, 3.8) is 0 Å². The van der Waals surface area contributed by atoms with Gasteiger partial charge in [-0.1, -0.05) is 18.2 Å². The predicted octanol–water partition coefficient (Wildman–Crippen LogP) is 1.05. The van der Waals surface area contributed by atoms with Crippen molar-refractivity contribution < 1.29 is 0 Å². The molecule has 0 spiro atoms. The lowest BCUT2D eigenvalue weighted by atomic mass is 10.2. The number of hydrogen-bond acceptors (Lipinski definition) is 2. The topological polar surface area (TPSA) is 15.3 Å². The smallest absolute Gasteiger partial charge is 0.0378 e.